The maximum absolute atomic E-state index is 12.0. The summed E-state index contributed by atoms with van der Waals surface area (Å²) in [7, 11) is 3.52. The Labute approximate surface area is 215 Å². The molecule has 1 saturated heterocycles. The topological polar surface area (TPSA) is 60.0 Å². The van der Waals surface area contributed by atoms with Crippen molar-refractivity contribution in [1.29, 1.82) is 0 Å². The van der Waals surface area contributed by atoms with Crippen LogP contribution >= 0.6 is 24.0 Å². The van der Waals surface area contributed by atoms with Crippen molar-refractivity contribution in [3.05, 3.63) is 71.3 Å². The first-order chi connectivity index (χ1) is 15.5. The Balaban J connectivity index is 0.00000385. The summed E-state index contributed by atoms with van der Waals surface area (Å²) in [6.45, 7) is 6.23. The maximum atomic E-state index is 12.0. The van der Waals surface area contributed by atoms with E-state index in [0.29, 0.717) is 6.04 Å². The Kier molecular flexibility index (Phi) is 11.7. The number of carbonyl (C=O) groups excluding carboxylic acids is 1. The number of halogens is 1. The van der Waals surface area contributed by atoms with Crippen LogP contribution in [0, 0.1) is 6.92 Å². The molecule has 0 atom stereocenters. The number of nitrogens with one attached hydrogen (secondary N) is 2. The van der Waals surface area contributed by atoms with E-state index < -0.39 is 0 Å². The van der Waals surface area contributed by atoms with E-state index in [-0.39, 0.29) is 36.4 Å². The highest BCUT2D eigenvalue weighted by atomic mass is 127. The van der Waals surface area contributed by atoms with E-state index in [1.54, 1.807) is 19.0 Å². The van der Waals surface area contributed by atoms with Crippen LogP contribution in [0.3, 0.4) is 0 Å². The van der Waals surface area contributed by atoms with Gasteiger partial charge in [-0.15, -0.1) is 24.0 Å². The van der Waals surface area contributed by atoms with Crippen molar-refractivity contribution in [1.82, 2.24) is 20.4 Å². The summed E-state index contributed by atoms with van der Waals surface area (Å²) in [5.41, 5.74) is 4.05. The number of likely N-dealkylation sites (N-methyl/N-ethyl adjacent to an activating group) is 1. The smallest absolute Gasteiger partial charge is 0.243 e. The summed E-state index contributed by atoms with van der Waals surface area (Å²) < 4.78 is 0. The molecule has 1 fully saturated rings. The quantitative estimate of drug-likeness (QED) is 0.294. The molecule has 0 radical (unpaired) electrons. The van der Waals surface area contributed by atoms with Crippen LogP contribution < -0.4 is 10.6 Å². The van der Waals surface area contributed by atoms with Crippen molar-refractivity contribution < 1.29 is 4.79 Å². The zero-order chi connectivity index (χ0) is 22.8. The molecule has 1 heterocycles. The molecule has 3 rings (SSSR count). The average molecular weight is 564 g/mol. The number of benzene rings is 2. The van der Waals surface area contributed by atoms with Gasteiger partial charge in [0.2, 0.25) is 5.91 Å². The number of hydrogen-bond donors (Lipinski definition) is 2. The first-order valence-electron chi connectivity index (χ1n) is 11.6. The minimum absolute atomic E-state index is 0. The number of guanidine groups is 1. The van der Waals surface area contributed by atoms with E-state index >= 15 is 0 Å². The minimum atomic E-state index is 0. The van der Waals surface area contributed by atoms with Gasteiger partial charge in [0.15, 0.2) is 5.96 Å². The van der Waals surface area contributed by atoms with Gasteiger partial charge in [0.25, 0.3) is 0 Å². The van der Waals surface area contributed by atoms with E-state index in [4.69, 9.17) is 0 Å². The normalized spacial score (nSPS) is 14.9. The highest BCUT2D eigenvalue weighted by Crippen LogP contribution is 2.16. The van der Waals surface area contributed by atoms with Crippen LogP contribution in [0.1, 0.15) is 29.5 Å². The van der Waals surface area contributed by atoms with Crippen molar-refractivity contribution >= 4 is 35.8 Å². The van der Waals surface area contributed by atoms with Crippen molar-refractivity contribution in [2.75, 3.05) is 40.3 Å². The molecular weight excluding hydrogens is 525 g/mol. The summed E-state index contributed by atoms with van der Waals surface area (Å²) in [5.74, 6) is 0.732. The van der Waals surface area contributed by atoms with Gasteiger partial charge in [0.05, 0.1) is 0 Å². The lowest BCUT2D eigenvalue weighted by Crippen LogP contribution is -2.49. The molecule has 6 nitrogen and oxygen atoms in total. The number of aliphatic imine (C=N–C) groups is 1. The molecule has 0 saturated carbocycles. The molecule has 2 aromatic carbocycles. The summed E-state index contributed by atoms with van der Waals surface area (Å²) in [6.07, 6.45) is 3.04. The summed E-state index contributed by atoms with van der Waals surface area (Å²) in [4.78, 5) is 20.7. The standard InChI is InChI=1S/C26H37N5O.HI/c1-21-9-7-8-12-23(21)20-31-17-14-24(15-18-31)29-26(28-19-25(32)30(2)3)27-16-13-22-10-5-4-6-11-22;/h4-12,24H,13-20H2,1-3H3,(H2,27,28,29);1H. The Morgan fingerprint density at radius 1 is 1.06 bits per heavy atom. The summed E-state index contributed by atoms with van der Waals surface area (Å²) in [6, 6.07) is 19.4. The number of hydrogen-bond acceptors (Lipinski definition) is 3. The third-order valence-electron chi connectivity index (χ3n) is 6.00. The molecule has 0 aliphatic carbocycles. The number of piperidine rings is 1. The van der Waals surface area contributed by atoms with Gasteiger partial charge < -0.3 is 15.5 Å². The van der Waals surface area contributed by atoms with Crippen LogP contribution in [-0.4, -0.2) is 68.0 Å². The van der Waals surface area contributed by atoms with E-state index in [9.17, 15) is 4.79 Å². The predicted molar refractivity (Wildman–Crippen MR) is 147 cm³/mol. The Bertz CT molecular complexity index is 879. The Morgan fingerprint density at radius 2 is 1.73 bits per heavy atom. The van der Waals surface area contributed by atoms with Gasteiger partial charge in [-0.1, -0.05) is 54.6 Å². The van der Waals surface area contributed by atoms with Gasteiger partial charge in [-0.25, -0.2) is 4.99 Å². The molecular formula is C26H38IN5O. The SMILES string of the molecule is Cc1ccccc1CN1CCC(NC(=NCC(=O)N(C)C)NCCc2ccccc2)CC1.I. The number of carbonyl (C=O) groups is 1. The molecule has 1 amide bonds. The van der Waals surface area contributed by atoms with Crippen LogP contribution in [0.2, 0.25) is 0 Å². The summed E-state index contributed by atoms with van der Waals surface area (Å²) >= 11 is 0. The van der Waals surface area contributed by atoms with Gasteiger partial charge in [0, 0.05) is 46.3 Å². The van der Waals surface area contributed by atoms with E-state index in [1.807, 2.05) is 6.07 Å². The monoisotopic (exact) mass is 563 g/mol. The maximum Gasteiger partial charge on any atom is 0.243 e. The molecule has 0 unspecified atom stereocenters. The summed E-state index contributed by atoms with van der Waals surface area (Å²) in [5, 5.41) is 7.00. The lowest BCUT2D eigenvalue weighted by atomic mass is 10.0. The molecule has 0 bridgehead atoms. The largest absolute Gasteiger partial charge is 0.356 e. The van der Waals surface area contributed by atoms with Crippen molar-refractivity contribution in [3.8, 4) is 0 Å². The Hall–Kier alpha value is -2.13. The number of aryl methyl sites for hydroxylation is 1. The van der Waals surface area contributed by atoms with E-state index in [1.165, 1.54) is 16.7 Å². The van der Waals surface area contributed by atoms with Crippen LogP contribution in [-0.2, 0) is 17.8 Å². The fraction of sp³-hybridized carbons (Fsp3) is 0.462. The van der Waals surface area contributed by atoms with E-state index in [2.05, 4.69) is 76.0 Å². The number of amides is 1. The van der Waals surface area contributed by atoms with Gasteiger partial charge in [-0.2, -0.15) is 0 Å². The highest BCUT2D eigenvalue weighted by Gasteiger charge is 2.20. The Morgan fingerprint density at radius 3 is 2.39 bits per heavy atom. The average Bonchev–Trinajstić information content (AvgIpc) is 2.80. The minimum Gasteiger partial charge on any atom is -0.356 e. The first-order valence-corrected chi connectivity index (χ1v) is 11.6. The molecule has 1 aliphatic rings. The lowest BCUT2D eigenvalue weighted by Gasteiger charge is -2.33. The van der Waals surface area contributed by atoms with Crippen molar-refractivity contribution in [2.45, 2.75) is 38.8 Å². The second-order valence-electron chi connectivity index (χ2n) is 8.74. The molecule has 0 spiro atoms. The van der Waals surface area contributed by atoms with Gasteiger partial charge in [-0.05, 0) is 42.9 Å². The fourth-order valence-corrected chi connectivity index (χ4v) is 3.87. The second kappa shape index (κ2) is 14.2. The van der Waals surface area contributed by atoms with Crippen LogP contribution in [0.5, 0.6) is 0 Å². The van der Waals surface area contributed by atoms with Gasteiger partial charge in [-0.3, -0.25) is 9.69 Å². The van der Waals surface area contributed by atoms with Crippen LogP contribution in [0.25, 0.3) is 0 Å². The van der Waals surface area contributed by atoms with E-state index in [0.717, 1.165) is 51.4 Å². The number of rotatable bonds is 8. The zero-order valence-corrected chi connectivity index (χ0v) is 22.4. The van der Waals surface area contributed by atoms with Crippen molar-refractivity contribution in [3.63, 3.8) is 0 Å². The lowest BCUT2D eigenvalue weighted by molar-refractivity contribution is -0.127. The third kappa shape index (κ3) is 9.33. The zero-order valence-electron chi connectivity index (χ0n) is 20.1. The second-order valence-corrected chi connectivity index (χ2v) is 8.74. The molecule has 2 N–H and O–H groups in total. The van der Waals surface area contributed by atoms with Crippen LogP contribution in [0.4, 0.5) is 0 Å². The predicted octanol–water partition coefficient (Wildman–Crippen LogP) is 3.44. The number of nitrogens with zero attached hydrogens (tertiary/aromatic N) is 3. The highest BCUT2D eigenvalue weighted by molar-refractivity contribution is 14.0. The molecule has 7 heteroatoms. The number of likely N-dealkylation sites (tertiary alicyclic amines) is 1. The van der Waals surface area contributed by atoms with Gasteiger partial charge >= 0.3 is 0 Å². The molecule has 1 aliphatic heterocycles. The van der Waals surface area contributed by atoms with Crippen LogP contribution in [0.15, 0.2) is 59.6 Å². The molecule has 0 aromatic heterocycles. The molecule has 2 aromatic rings. The van der Waals surface area contributed by atoms with Crippen molar-refractivity contribution in [2.24, 2.45) is 4.99 Å². The third-order valence-corrected chi connectivity index (χ3v) is 6.00. The van der Waals surface area contributed by atoms with Gasteiger partial charge in [0.1, 0.15) is 6.54 Å². The first kappa shape index (κ1) is 27.1. The molecule has 33 heavy (non-hydrogen) atoms. The molecule has 180 valence electrons. The fourth-order valence-electron chi connectivity index (χ4n) is 3.87.